The second-order valence-corrected chi connectivity index (χ2v) is 5.48. The highest BCUT2D eigenvalue weighted by atomic mass is 35.5. The number of nitrogens with one attached hydrogen (secondary N) is 2. The molecule has 0 saturated heterocycles. The van der Waals surface area contributed by atoms with Crippen LogP contribution in [-0.4, -0.2) is 24.8 Å². The monoisotopic (exact) mass is 385 g/mol. The number of nitro groups is 1. The van der Waals surface area contributed by atoms with Gasteiger partial charge in [-0.05, 0) is 24.3 Å². The van der Waals surface area contributed by atoms with Crippen LogP contribution in [0.4, 0.5) is 16.2 Å². The lowest BCUT2D eigenvalue weighted by Gasteiger charge is -2.12. The third-order valence-electron chi connectivity index (χ3n) is 3.00. The number of carbonyl (C=O) groups excluding carboxylic acids is 1. The maximum Gasteiger partial charge on any atom is 0.321 e. The van der Waals surface area contributed by atoms with Gasteiger partial charge in [0, 0.05) is 17.2 Å². The van der Waals surface area contributed by atoms with E-state index in [0.29, 0.717) is 15.8 Å². The molecule has 0 spiro atoms. The van der Waals surface area contributed by atoms with Gasteiger partial charge >= 0.3 is 6.03 Å². The predicted octanol–water partition coefficient (Wildman–Crippen LogP) is 4.07. The van der Waals surface area contributed by atoms with E-state index >= 15 is 0 Å². The molecule has 8 nitrogen and oxygen atoms in total. The number of anilines is 1. The number of ether oxygens (including phenoxy) is 2. The molecule has 0 radical (unpaired) electrons. The number of amides is 2. The third kappa shape index (κ3) is 5.13. The summed E-state index contributed by atoms with van der Waals surface area (Å²) in [5, 5.41) is 16.5. The summed E-state index contributed by atoms with van der Waals surface area (Å²) in [6.07, 6.45) is 0. The van der Waals surface area contributed by atoms with Crippen molar-refractivity contribution in [2.45, 2.75) is 0 Å². The Morgan fingerprint density at radius 3 is 2.56 bits per heavy atom. The van der Waals surface area contributed by atoms with E-state index in [1.807, 2.05) is 0 Å². The Hall–Kier alpha value is -2.71. The number of nitrogens with zero attached hydrogens (tertiary/aromatic N) is 1. The molecule has 0 saturated carbocycles. The molecule has 2 aromatic carbocycles. The van der Waals surface area contributed by atoms with Crippen molar-refractivity contribution in [3.8, 4) is 11.5 Å². The fourth-order valence-corrected chi connectivity index (χ4v) is 2.31. The molecule has 2 N–H and O–H groups in total. The highest BCUT2D eigenvalue weighted by Crippen LogP contribution is 2.29. The summed E-state index contributed by atoms with van der Waals surface area (Å²) in [5.41, 5.74) is -0.0287. The molecule has 25 heavy (non-hydrogen) atoms. The number of methoxy groups -OCH3 is 1. The molecule has 0 aliphatic carbocycles. The summed E-state index contributed by atoms with van der Waals surface area (Å²) in [5.74, 6) is 0.627. The van der Waals surface area contributed by atoms with E-state index in [0.717, 1.165) is 0 Å². The molecule has 0 bridgehead atoms. The van der Waals surface area contributed by atoms with Gasteiger partial charge in [-0.3, -0.25) is 10.1 Å². The minimum Gasteiger partial charge on any atom is -0.495 e. The molecule has 0 aromatic heterocycles. The van der Waals surface area contributed by atoms with Crippen LogP contribution in [0.5, 0.6) is 11.5 Å². The van der Waals surface area contributed by atoms with Crippen molar-refractivity contribution in [2.24, 2.45) is 0 Å². The Morgan fingerprint density at radius 2 is 1.92 bits per heavy atom. The van der Waals surface area contributed by atoms with Crippen LogP contribution in [0.15, 0.2) is 36.4 Å². The maximum atomic E-state index is 11.9. The van der Waals surface area contributed by atoms with Crippen LogP contribution >= 0.6 is 23.2 Å². The molecular formula is C15H13Cl2N3O5. The molecule has 132 valence electrons. The molecule has 0 aliphatic rings. The first-order chi connectivity index (χ1) is 11.9. The van der Waals surface area contributed by atoms with Crippen LogP contribution < -0.4 is 20.1 Å². The number of rotatable bonds is 6. The summed E-state index contributed by atoms with van der Waals surface area (Å²) in [6.45, 7) is -0.176. The van der Waals surface area contributed by atoms with Crippen LogP contribution in [-0.2, 0) is 0 Å². The third-order valence-corrected chi connectivity index (χ3v) is 3.53. The average molecular weight is 386 g/mol. The minimum atomic E-state index is -0.635. The van der Waals surface area contributed by atoms with E-state index in [9.17, 15) is 14.9 Å². The molecule has 0 unspecified atom stereocenters. The van der Waals surface area contributed by atoms with Crippen LogP contribution in [0, 0.1) is 10.1 Å². The largest absolute Gasteiger partial charge is 0.495 e. The predicted molar refractivity (Wildman–Crippen MR) is 93.8 cm³/mol. The molecule has 0 aliphatic heterocycles. The lowest BCUT2D eigenvalue weighted by Crippen LogP contribution is -2.32. The average Bonchev–Trinajstić information content (AvgIpc) is 2.56. The van der Waals surface area contributed by atoms with E-state index in [4.69, 9.17) is 32.7 Å². The van der Waals surface area contributed by atoms with E-state index in [2.05, 4.69) is 10.6 Å². The molecule has 10 heteroatoms. The van der Waals surface area contributed by atoms with Gasteiger partial charge in [0.2, 0.25) is 0 Å². The second kappa shape index (κ2) is 8.41. The number of urea groups is 1. The first-order valence-electron chi connectivity index (χ1n) is 6.86. The minimum absolute atomic E-state index is 0.152. The van der Waals surface area contributed by atoms with Gasteiger partial charge in [0.05, 0.1) is 22.7 Å². The van der Waals surface area contributed by atoms with Crippen molar-refractivity contribution < 1.29 is 19.2 Å². The normalized spacial score (nSPS) is 10.0. The Bertz CT molecular complexity index is 801. The van der Waals surface area contributed by atoms with Crippen molar-refractivity contribution >= 4 is 40.6 Å². The van der Waals surface area contributed by atoms with Crippen molar-refractivity contribution in [2.75, 3.05) is 19.2 Å². The summed E-state index contributed by atoms with van der Waals surface area (Å²) in [6, 6.07) is 7.88. The number of nitro benzene ring substituents is 1. The topological polar surface area (TPSA) is 103 Å². The van der Waals surface area contributed by atoms with Crippen LogP contribution in [0.25, 0.3) is 0 Å². The summed E-state index contributed by atoms with van der Waals surface area (Å²) < 4.78 is 10.4. The zero-order valence-electron chi connectivity index (χ0n) is 12.9. The van der Waals surface area contributed by atoms with Gasteiger partial charge in [-0.1, -0.05) is 23.2 Å². The van der Waals surface area contributed by atoms with Crippen LogP contribution in [0.3, 0.4) is 0 Å². The molecule has 2 aromatic rings. The summed E-state index contributed by atoms with van der Waals surface area (Å²) in [7, 11) is 1.38. The Balaban J connectivity index is 1.96. The van der Waals surface area contributed by atoms with Crippen LogP contribution in [0.2, 0.25) is 10.0 Å². The lowest BCUT2D eigenvalue weighted by atomic mass is 10.2. The fourth-order valence-electron chi connectivity index (χ4n) is 1.85. The summed E-state index contributed by atoms with van der Waals surface area (Å²) in [4.78, 5) is 22.2. The van der Waals surface area contributed by atoms with Gasteiger partial charge in [0.1, 0.15) is 11.5 Å². The standard InChI is InChI=1S/C15H13Cl2N3O5/c1-24-14-5-3-10(20(22)23)7-12(14)19-15(21)18-8-25-13-4-2-9(16)6-11(13)17/h2-7H,8H2,1H3,(H2,18,19,21). The molecule has 2 amide bonds. The quantitative estimate of drug-likeness (QED) is 0.443. The Kier molecular flexibility index (Phi) is 6.26. The number of carbonyl (C=O) groups is 1. The van der Waals surface area contributed by atoms with Gasteiger partial charge in [-0.2, -0.15) is 0 Å². The van der Waals surface area contributed by atoms with E-state index in [1.54, 1.807) is 12.1 Å². The first kappa shape index (κ1) is 18.6. The zero-order chi connectivity index (χ0) is 18.4. The lowest BCUT2D eigenvalue weighted by molar-refractivity contribution is -0.384. The van der Waals surface area contributed by atoms with E-state index in [1.165, 1.54) is 31.4 Å². The molecule has 0 atom stereocenters. The van der Waals surface area contributed by atoms with Crippen molar-refractivity contribution in [3.05, 3.63) is 56.6 Å². The van der Waals surface area contributed by atoms with Gasteiger partial charge in [-0.25, -0.2) is 4.79 Å². The molecule has 0 fully saturated rings. The first-order valence-corrected chi connectivity index (χ1v) is 7.61. The van der Waals surface area contributed by atoms with Crippen molar-refractivity contribution in [1.29, 1.82) is 0 Å². The highest BCUT2D eigenvalue weighted by Gasteiger charge is 2.13. The number of non-ortho nitro benzene ring substituents is 1. The second-order valence-electron chi connectivity index (χ2n) is 4.64. The van der Waals surface area contributed by atoms with Gasteiger partial charge in [0.25, 0.3) is 5.69 Å². The SMILES string of the molecule is COc1ccc([N+](=O)[O-])cc1NC(=O)NCOc1ccc(Cl)cc1Cl. The fraction of sp³-hybridized carbons (Fsp3) is 0.133. The number of hydrogen-bond donors (Lipinski definition) is 2. The number of hydrogen-bond acceptors (Lipinski definition) is 5. The highest BCUT2D eigenvalue weighted by molar-refractivity contribution is 6.35. The molecule has 2 rings (SSSR count). The molecule has 0 heterocycles. The summed E-state index contributed by atoms with van der Waals surface area (Å²) >= 11 is 11.7. The van der Waals surface area contributed by atoms with Gasteiger partial charge < -0.3 is 20.1 Å². The van der Waals surface area contributed by atoms with Crippen molar-refractivity contribution in [1.82, 2.24) is 5.32 Å². The zero-order valence-corrected chi connectivity index (χ0v) is 14.4. The van der Waals surface area contributed by atoms with E-state index in [-0.39, 0.29) is 23.9 Å². The Labute approximate surface area is 152 Å². The maximum absolute atomic E-state index is 11.9. The van der Waals surface area contributed by atoms with Gasteiger partial charge in [-0.15, -0.1) is 0 Å². The molecular weight excluding hydrogens is 373 g/mol. The smallest absolute Gasteiger partial charge is 0.321 e. The van der Waals surface area contributed by atoms with E-state index < -0.39 is 11.0 Å². The number of benzene rings is 2. The van der Waals surface area contributed by atoms with Crippen molar-refractivity contribution in [3.63, 3.8) is 0 Å². The number of halogens is 2. The van der Waals surface area contributed by atoms with Gasteiger partial charge in [0.15, 0.2) is 6.73 Å². The Morgan fingerprint density at radius 1 is 1.20 bits per heavy atom. The van der Waals surface area contributed by atoms with Crippen LogP contribution in [0.1, 0.15) is 0 Å².